The van der Waals surface area contributed by atoms with Gasteiger partial charge in [-0.05, 0) is 12.1 Å². The van der Waals surface area contributed by atoms with Gasteiger partial charge in [0.25, 0.3) is 16.1 Å². The van der Waals surface area contributed by atoms with E-state index < -0.39 is 21.9 Å². The highest BCUT2D eigenvalue weighted by atomic mass is 32.2. The normalized spacial score (nSPS) is 15.2. The first-order valence-electron chi connectivity index (χ1n) is 7.51. The molecule has 0 saturated heterocycles. The van der Waals surface area contributed by atoms with Crippen LogP contribution in [0.4, 0.5) is 9.52 Å². The second-order valence-electron chi connectivity index (χ2n) is 5.70. The summed E-state index contributed by atoms with van der Waals surface area (Å²) in [6, 6.07) is 5.69. The lowest BCUT2D eigenvalue weighted by Crippen LogP contribution is -2.42. The summed E-state index contributed by atoms with van der Waals surface area (Å²) in [5.41, 5.74) is 0.700. The molecule has 25 heavy (non-hydrogen) atoms. The van der Waals surface area contributed by atoms with Crippen molar-refractivity contribution >= 4 is 32.6 Å². The van der Waals surface area contributed by atoms with Crippen molar-refractivity contribution in [3.63, 3.8) is 0 Å². The average molecular weight is 384 g/mol. The summed E-state index contributed by atoms with van der Waals surface area (Å²) in [6.45, 7) is 0.543. The monoisotopic (exact) mass is 384 g/mol. The quantitative estimate of drug-likeness (QED) is 0.870. The van der Waals surface area contributed by atoms with Gasteiger partial charge in [0, 0.05) is 31.9 Å². The van der Waals surface area contributed by atoms with E-state index in [2.05, 4.69) is 10.3 Å². The van der Waals surface area contributed by atoms with Crippen molar-refractivity contribution in [2.45, 2.75) is 13.0 Å². The van der Waals surface area contributed by atoms with Gasteiger partial charge in [0.1, 0.15) is 5.82 Å². The Morgan fingerprint density at radius 1 is 1.36 bits per heavy atom. The van der Waals surface area contributed by atoms with E-state index >= 15 is 0 Å². The molecule has 1 N–H and O–H groups in total. The summed E-state index contributed by atoms with van der Waals surface area (Å²) in [5, 5.41) is 2.92. The first-order valence-corrected chi connectivity index (χ1v) is 9.72. The second-order valence-corrected chi connectivity index (χ2v) is 8.92. The molecule has 1 amide bonds. The first kappa shape index (κ1) is 17.9. The molecular weight excluding hydrogens is 367 g/mol. The molecule has 0 bridgehead atoms. The number of aromatic nitrogens is 1. The third-order valence-corrected chi connectivity index (χ3v) is 6.71. The van der Waals surface area contributed by atoms with Crippen LogP contribution in [0.3, 0.4) is 0 Å². The van der Waals surface area contributed by atoms with Crippen LogP contribution in [-0.2, 0) is 23.2 Å². The number of halogens is 1. The van der Waals surface area contributed by atoms with Crippen molar-refractivity contribution < 1.29 is 17.6 Å². The van der Waals surface area contributed by atoms with Crippen molar-refractivity contribution in [2.24, 2.45) is 0 Å². The summed E-state index contributed by atoms with van der Waals surface area (Å²) in [6.07, 6.45) is 0.467. The number of nitrogens with zero attached hydrogens (tertiary/aromatic N) is 3. The fourth-order valence-corrected chi connectivity index (χ4v) is 4.64. The van der Waals surface area contributed by atoms with Crippen LogP contribution in [0.25, 0.3) is 0 Å². The van der Waals surface area contributed by atoms with E-state index in [4.69, 9.17) is 0 Å². The Kier molecular flexibility index (Phi) is 4.87. The Morgan fingerprint density at radius 2 is 2.08 bits per heavy atom. The van der Waals surface area contributed by atoms with E-state index in [0.717, 1.165) is 10.6 Å². The van der Waals surface area contributed by atoms with Gasteiger partial charge < -0.3 is 0 Å². The highest BCUT2D eigenvalue weighted by molar-refractivity contribution is 7.86. The van der Waals surface area contributed by atoms with Crippen molar-refractivity contribution in [2.75, 3.05) is 26.0 Å². The fraction of sp³-hybridized carbons (Fsp3) is 0.333. The van der Waals surface area contributed by atoms with Gasteiger partial charge in [-0.2, -0.15) is 17.0 Å². The topological polar surface area (TPSA) is 82.6 Å². The van der Waals surface area contributed by atoms with Gasteiger partial charge in [0.2, 0.25) is 0 Å². The molecule has 0 aliphatic carbocycles. The molecule has 10 heteroatoms. The zero-order chi connectivity index (χ0) is 18.2. The fourth-order valence-electron chi connectivity index (χ4n) is 2.46. The number of thiazole rings is 1. The summed E-state index contributed by atoms with van der Waals surface area (Å²) >= 11 is 1.21. The summed E-state index contributed by atoms with van der Waals surface area (Å²) in [5.74, 6) is -1.19. The van der Waals surface area contributed by atoms with Crippen LogP contribution < -0.4 is 5.32 Å². The average Bonchev–Trinajstić information content (AvgIpc) is 2.96. The number of carbonyl (C=O) groups excluding carboxylic acids is 1. The van der Waals surface area contributed by atoms with E-state index in [1.165, 1.54) is 52.2 Å². The third kappa shape index (κ3) is 3.56. The Hall–Kier alpha value is -1.88. The van der Waals surface area contributed by atoms with Crippen LogP contribution in [0.5, 0.6) is 0 Å². The zero-order valence-electron chi connectivity index (χ0n) is 13.7. The van der Waals surface area contributed by atoms with Crippen molar-refractivity contribution in [3.8, 4) is 0 Å². The van der Waals surface area contributed by atoms with Gasteiger partial charge in [-0.1, -0.05) is 12.1 Å². The molecule has 0 fully saturated rings. The second kappa shape index (κ2) is 6.79. The summed E-state index contributed by atoms with van der Waals surface area (Å²) < 4.78 is 40.7. The molecule has 3 rings (SSSR count). The lowest BCUT2D eigenvalue weighted by molar-refractivity contribution is 0.102. The maximum absolute atomic E-state index is 13.7. The molecule has 7 nitrogen and oxygen atoms in total. The van der Waals surface area contributed by atoms with Crippen LogP contribution in [0.2, 0.25) is 0 Å². The largest absolute Gasteiger partial charge is 0.298 e. The number of rotatable bonds is 4. The van der Waals surface area contributed by atoms with E-state index in [-0.39, 0.29) is 12.1 Å². The molecule has 134 valence electrons. The number of amides is 1. The number of benzene rings is 1. The minimum Gasteiger partial charge on any atom is -0.298 e. The highest BCUT2D eigenvalue weighted by Crippen LogP contribution is 2.30. The molecule has 2 aromatic rings. The van der Waals surface area contributed by atoms with Crippen molar-refractivity contribution in [3.05, 3.63) is 46.2 Å². The van der Waals surface area contributed by atoms with Gasteiger partial charge in [0.05, 0.1) is 17.8 Å². The lowest BCUT2D eigenvalue weighted by Gasteiger charge is -2.27. The smallest absolute Gasteiger partial charge is 0.281 e. The van der Waals surface area contributed by atoms with Gasteiger partial charge in [-0.25, -0.2) is 9.37 Å². The molecule has 0 spiro atoms. The molecule has 1 aliphatic heterocycles. The Bertz CT molecular complexity index is 911. The van der Waals surface area contributed by atoms with E-state index in [1.54, 1.807) is 6.07 Å². The molecular formula is C15H17FN4O3S2. The molecule has 0 atom stereocenters. The SMILES string of the molecule is CN(C)S(=O)(=O)N1CCc2nc(NC(=O)c3ccccc3F)sc2C1. The minimum atomic E-state index is -3.50. The van der Waals surface area contributed by atoms with Gasteiger partial charge in [-0.3, -0.25) is 10.1 Å². The zero-order valence-corrected chi connectivity index (χ0v) is 15.3. The van der Waals surface area contributed by atoms with Gasteiger partial charge in [-0.15, -0.1) is 11.3 Å². The molecule has 0 unspecified atom stereocenters. The molecule has 1 aromatic carbocycles. The van der Waals surface area contributed by atoms with Crippen LogP contribution in [0.15, 0.2) is 24.3 Å². The summed E-state index contributed by atoms with van der Waals surface area (Å²) in [7, 11) is -0.529. The van der Waals surface area contributed by atoms with Crippen LogP contribution in [0, 0.1) is 5.82 Å². The molecule has 1 aromatic heterocycles. The van der Waals surface area contributed by atoms with E-state index in [1.807, 2.05) is 0 Å². The predicted molar refractivity (Wildman–Crippen MR) is 93.2 cm³/mol. The number of hydrogen-bond donors (Lipinski definition) is 1. The van der Waals surface area contributed by atoms with Crippen LogP contribution in [-0.4, -0.2) is 48.6 Å². The van der Waals surface area contributed by atoms with E-state index in [0.29, 0.717) is 18.1 Å². The van der Waals surface area contributed by atoms with Crippen LogP contribution >= 0.6 is 11.3 Å². The molecule has 0 saturated carbocycles. The highest BCUT2D eigenvalue weighted by Gasteiger charge is 2.30. The van der Waals surface area contributed by atoms with Gasteiger partial charge in [0.15, 0.2) is 5.13 Å². The number of anilines is 1. The first-order chi connectivity index (χ1) is 11.8. The maximum atomic E-state index is 13.7. The Morgan fingerprint density at radius 3 is 2.76 bits per heavy atom. The number of fused-ring (bicyclic) bond motifs is 1. The van der Waals surface area contributed by atoms with E-state index in [9.17, 15) is 17.6 Å². The number of carbonyl (C=O) groups is 1. The third-order valence-electron chi connectivity index (χ3n) is 3.82. The molecule has 0 radical (unpaired) electrons. The predicted octanol–water partition coefficient (Wildman–Crippen LogP) is 1.70. The van der Waals surface area contributed by atoms with Crippen molar-refractivity contribution in [1.29, 1.82) is 0 Å². The van der Waals surface area contributed by atoms with Crippen molar-refractivity contribution in [1.82, 2.24) is 13.6 Å². The maximum Gasteiger partial charge on any atom is 0.281 e. The molecule has 1 aliphatic rings. The molecule has 2 heterocycles. The lowest BCUT2D eigenvalue weighted by atomic mass is 10.2. The van der Waals surface area contributed by atoms with Gasteiger partial charge >= 0.3 is 0 Å². The Labute approximate surface area is 149 Å². The van der Waals surface area contributed by atoms with Crippen LogP contribution in [0.1, 0.15) is 20.9 Å². The minimum absolute atomic E-state index is 0.0625. The summed E-state index contributed by atoms with van der Waals surface area (Å²) in [4.78, 5) is 17.3. The Balaban J connectivity index is 1.77. The number of nitrogens with one attached hydrogen (secondary N) is 1. The number of hydrogen-bond acceptors (Lipinski definition) is 5. The standard InChI is InChI=1S/C15H17FN4O3S2/c1-19(2)25(22,23)20-8-7-12-13(9-20)24-15(17-12)18-14(21)10-5-3-4-6-11(10)16/h3-6H,7-9H2,1-2H3,(H,17,18,21).